The molecule has 2 N–H and O–H groups in total. The lowest BCUT2D eigenvalue weighted by Gasteiger charge is -2.44. The molecule has 0 bridgehead atoms. The molecule has 16 heavy (non-hydrogen) atoms. The number of likely N-dealkylation sites (N-methyl/N-ethyl adjacent to an activating group) is 1. The Kier molecular flexibility index (Phi) is 4.03. The summed E-state index contributed by atoms with van der Waals surface area (Å²) in [5.41, 5.74) is 5.53. The van der Waals surface area contributed by atoms with Crippen LogP contribution in [0.1, 0.15) is 33.1 Å². The minimum absolute atomic E-state index is 0.308. The Morgan fingerprint density at radius 2 is 2.06 bits per heavy atom. The molecule has 2 atom stereocenters. The van der Waals surface area contributed by atoms with E-state index >= 15 is 0 Å². The van der Waals surface area contributed by atoms with Crippen molar-refractivity contribution in [1.29, 1.82) is 0 Å². The van der Waals surface area contributed by atoms with Crippen molar-refractivity contribution in [2.75, 3.05) is 19.8 Å². The van der Waals surface area contributed by atoms with Gasteiger partial charge in [0.25, 0.3) is 0 Å². The molecule has 0 saturated heterocycles. The van der Waals surface area contributed by atoms with Gasteiger partial charge in [0.2, 0.25) is 0 Å². The fraction of sp³-hybridized carbons (Fsp3) is 1.00. The number of nitrogens with two attached hydrogens (primary N) is 1. The highest BCUT2D eigenvalue weighted by atomic mass is 32.2. The van der Waals surface area contributed by atoms with E-state index in [-0.39, 0.29) is 10.8 Å². The van der Waals surface area contributed by atoms with Gasteiger partial charge in [0.05, 0.1) is 5.25 Å². The maximum absolute atomic E-state index is 11.9. The molecule has 1 rings (SSSR count). The van der Waals surface area contributed by atoms with Gasteiger partial charge in [0, 0.05) is 24.4 Å². The summed E-state index contributed by atoms with van der Waals surface area (Å²) in [6.07, 6.45) is 3.91. The minimum atomic E-state index is -3.02. The largest absolute Gasteiger partial charge is 0.329 e. The van der Waals surface area contributed by atoms with Crippen molar-refractivity contribution in [1.82, 2.24) is 4.90 Å². The Labute approximate surface area is 99.1 Å². The predicted molar refractivity (Wildman–Crippen MR) is 67.2 cm³/mol. The topological polar surface area (TPSA) is 63.4 Å². The van der Waals surface area contributed by atoms with E-state index in [4.69, 9.17) is 5.73 Å². The van der Waals surface area contributed by atoms with Crippen molar-refractivity contribution >= 4 is 9.84 Å². The van der Waals surface area contributed by atoms with E-state index in [0.717, 1.165) is 19.3 Å². The third-order valence-electron chi connectivity index (χ3n) is 4.02. The monoisotopic (exact) mass is 248 g/mol. The third-order valence-corrected chi connectivity index (χ3v) is 5.73. The SMILES string of the molecule is CC(C)N(C)C1(CN)CCCC1S(C)(=O)=O. The van der Waals surface area contributed by atoms with Crippen LogP contribution in [0.5, 0.6) is 0 Å². The first-order chi connectivity index (χ1) is 7.25. The van der Waals surface area contributed by atoms with Gasteiger partial charge in [-0.3, -0.25) is 4.90 Å². The minimum Gasteiger partial charge on any atom is -0.329 e. The molecule has 0 amide bonds. The summed E-state index contributed by atoms with van der Waals surface area (Å²) in [4.78, 5) is 2.14. The normalized spacial score (nSPS) is 31.6. The quantitative estimate of drug-likeness (QED) is 0.792. The van der Waals surface area contributed by atoms with Gasteiger partial charge < -0.3 is 5.73 Å². The van der Waals surface area contributed by atoms with Gasteiger partial charge >= 0.3 is 0 Å². The van der Waals surface area contributed by atoms with Crippen molar-refractivity contribution in [2.45, 2.75) is 49.9 Å². The fourth-order valence-electron chi connectivity index (χ4n) is 2.93. The van der Waals surface area contributed by atoms with E-state index in [0.29, 0.717) is 12.6 Å². The first kappa shape index (κ1) is 13.9. The van der Waals surface area contributed by atoms with E-state index < -0.39 is 9.84 Å². The summed E-state index contributed by atoms with van der Waals surface area (Å²) in [5.74, 6) is 0. The molecule has 0 aliphatic heterocycles. The van der Waals surface area contributed by atoms with Crippen LogP contribution in [0.3, 0.4) is 0 Å². The molecule has 0 aromatic heterocycles. The molecule has 0 aromatic rings. The Balaban J connectivity index is 3.12. The van der Waals surface area contributed by atoms with Gasteiger partial charge in [-0.2, -0.15) is 0 Å². The standard InChI is InChI=1S/C11H24N2O2S/c1-9(2)13(3)11(8-12)7-5-6-10(11)16(4,14)15/h9-10H,5-8,12H2,1-4H3. The van der Waals surface area contributed by atoms with Crippen LogP contribution in [0.25, 0.3) is 0 Å². The van der Waals surface area contributed by atoms with Crippen LogP contribution in [0, 0.1) is 0 Å². The summed E-state index contributed by atoms with van der Waals surface area (Å²) in [6.45, 7) is 4.57. The second-order valence-corrected chi connectivity index (χ2v) is 7.45. The number of sulfone groups is 1. The predicted octanol–water partition coefficient (Wildman–Crippen LogP) is 0.621. The maximum atomic E-state index is 11.9. The summed E-state index contributed by atoms with van der Waals surface area (Å²) in [7, 11) is -1.04. The van der Waals surface area contributed by atoms with Crippen molar-refractivity contribution < 1.29 is 8.42 Å². The van der Waals surface area contributed by atoms with E-state index in [1.165, 1.54) is 6.26 Å². The molecule has 0 aromatic carbocycles. The van der Waals surface area contributed by atoms with Gasteiger partial charge in [-0.25, -0.2) is 8.42 Å². The number of nitrogens with zero attached hydrogens (tertiary/aromatic N) is 1. The molecular weight excluding hydrogens is 224 g/mol. The lowest BCUT2D eigenvalue weighted by molar-refractivity contribution is 0.100. The van der Waals surface area contributed by atoms with E-state index in [1.807, 2.05) is 7.05 Å². The van der Waals surface area contributed by atoms with Crippen LogP contribution in [-0.2, 0) is 9.84 Å². The summed E-state index contributed by atoms with van der Waals surface area (Å²) < 4.78 is 23.7. The van der Waals surface area contributed by atoms with Crippen molar-refractivity contribution in [3.05, 3.63) is 0 Å². The Bertz CT molecular complexity index is 340. The van der Waals surface area contributed by atoms with Gasteiger partial charge in [-0.15, -0.1) is 0 Å². The molecule has 1 saturated carbocycles. The van der Waals surface area contributed by atoms with E-state index in [1.54, 1.807) is 0 Å². The highest BCUT2D eigenvalue weighted by Gasteiger charge is 2.50. The average Bonchev–Trinajstić information content (AvgIpc) is 2.60. The maximum Gasteiger partial charge on any atom is 0.152 e. The lowest BCUT2D eigenvalue weighted by atomic mass is 9.94. The lowest BCUT2D eigenvalue weighted by Crippen LogP contribution is -2.61. The number of hydrogen-bond donors (Lipinski definition) is 1. The van der Waals surface area contributed by atoms with Crippen LogP contribution in [0.15, 0.2) is 0 Å². The first-order valence-electron chi connectivity index (χ1n) is 5.87. The number of hydrogen-bond acceptors (Lipinski definition) is 4. The van der Waals surface area contributed by atoms with E-state index in [9.17, 15) is 8.42 Å². The molecule has 5 heteroatoms. The first-order valence-corrected chi connectivity index (χ1v) is 7.83. The zero-order valence-electron chi connectivity index (χ0n) is 10.7. The highest BCUT2D eigenvalue weighted by molar-refractivity contribution is 7.91. The van der Waals surface area contributed by atoms with Crippen LogP contribution >= 0.6 is 0 Å². The average molecular weight is 248 g/mol. The molecule has 0 spiro atoms. The van der Waals surface area contributed by atoms with Crippen LogP contribution in [0.2, 0.25) is 0 Å². The smallest absolute Gasteiger partial charge is 0.152 e. The summed E-state index contributed by atoms with van der Waals surface area (Å²) in [5, 5.41) is -0.308. The van der Waals surface area contributed by atoms with Crippen LogP contribution in [-0.4, -0.2) is 50.0 Å². The Morgan fingerprint density at radius 1 is 1.50 bits per heavy atom. The van der Waals surface area contributed by atoms with Crippen molar-refractivity contribution in [3.8, 4) is 0 Å². The molecule has 4 nitrogen and oxygen atoms in total. The Hall–Kier alpha value is -0.130. The van der Waals surface area contributed by atoms with Gasteiger partial charge in [0.1, 0.15) is 0 Å². The molecule has 96 valence electrons. The zero-order valence-corrected chi connectivity index (χ0v) is 11.5. The molecule has 1 aliphatic carbocycles. The second kappa shape index (κ2) is 4.63. The fourth-order valence-corrected chi connectivity index (χ4v) is 4.70. The van der Waals surface area contributed by atoms with Crippen molar-refractivity contribution in [3.63, 3.8) is 0 Å². The van der Waals surface area contributed by atoms with Gasteiger partial charge in [-0.05, 0) is 33.7 Å². The highest BCUT2D eigenvalue weighted by Crippen LogP contribution is 2.39. The molecule has 0 radical (unpaired) electrons. The molecule has 0 heterocycles. The molecule has 1 fully saturated rings. The van der Waals surface area contributed by atoms with Crippen LogP contribution in [0.4, 0.5) is 0 Å². The van der Waals surface area contributed by atoms with E-state index in [2.05, 4.69) is 18.7 Å². The second-order valence-electron chi connectivity index (χ2n) is 5.22. The van der Waals surface area contributed by atoms with Crippen LogP contribution < -0.4 is 5.73 Å². The number of rotatable bonds is 4. The van der Waals surface area contributed by atoms with Gasteiger partial charge in [0.15, 0.2) is 9.84 Å². The molecule has 1 aliphatic rings. The van der Waals surface area contributed by atoms with Gasteiger partial charge in [-0.1, -0.05) is 6.42 Å². The zero-order chi connectivity index (χ0) is 12.6. The molecule has 2 unspecified atom stereocenters. The third kappa shape index (κ3) is 2.26. The summed E-state index contributed by atoms with van der Waals surface area (Å²) in [6, 6.07) is 0.311. The van der Waals surface area contributed by atoms with Crippen molar-refractivity contribution in [2.24, 2.45) is 5.73 Å². The Morgan fingerprint density at radius 3 is 2.44 bits per heavy atom. The summed E-state index contributed by atoms with van der Waals surface area (Å²) >= 11 is 0. The molecular formula is C11H24N2O2S.